The van der Waals surface area contributed by atoms with Gasteiger partial charge in [0.15, 0.2) is 0 Å². The molecule has 0 aliphatic heterocycles. The molecule has 106 valence electrons. The molecule has 1 rings (SSSR count). The quantitative estimate of drug-likeness (QED) is 0.678. The number of hydrogen-bond donors (Lipinski definition) is 1. The number of carbonyl (C=O) groups excluding carboxylic acids is 1. The maximum Gasteiger partial charge on any atom is 0.309 e. The molecule has 0 aromatic heterocycles. The second-order valence-corrected chi connectivity index (χ2v) is 5.58. The highest BCUT2D eigenvalue weighted by Gasteiger charge is 2.33. The molecule has 0 aromatic carbocycles. The van der Waals surface area contributed by atoms with Crippen molar-refractivity contribution in [2.45, 2.75) is 58.8 Å². The Labute approximate surface area is 111 Å². The van der Waals surface area contributed by atoms with Crippen LogP contribution in [0.25, 0.3) is 0 Å². The molecule has 1 saturated carbocycles. The average molecular weight is 255 g/mol. The van der Waals surface area contributed by atoms with E-state index in [2.05, 4.69) is 13.8 Å². The lowest BCUT2D eigenvalue weighted by Crippen LogP contribution is -2.28. The van der Waals surface area contributed by atoms with Crippen molar-refractivity contribution in [1.29, 1.82) is 0 Å². The maximum atomic E-state index is 12.0. The largest absolute Gasteiger partial charge is 0.465 e. The summed E-state index contributed by atoms with van der Waals surface area (Å²) in [5, 5.41) is 0. The van der Waals surface area contributed by atoms with Crippen molar-refractivity contribution in [3.63, 3.8) is 0 Å². The molecular weight excluding hydrogens is 226 g/mol. The molecule has 1 aliphatic carbocycles. The van der Waals surface area contributed by atoms with Gasteiger partial charge in [0, 0.05) is 0 Å². The molecular formula is C15H29NO2. The van der Waals surface area contributed by atoms with E-state index in [0.717, 1.165) is 25.7 Å². The van der Waals surface area contributed by atoms with Crippen LogP contribution >= 0.6 is 0 Å². The fourth-order valence-corrected chi connectivity index (χ4v) is 2.83. The Bertz CT molecular complexity index is 243. The smallest absolute Gasteiger partial charge is 0.309 e. The summed E-state index contributed by atoms with van der Waals surface area (Å²) in [6, 6.07) is 0. The molecule has 1 aliphatic rings. The molecule has 0 saturated heterocycles. The number of rotatable bonds is 8. The summed E-state index contributed by atoms with van der Waals surface area (Å²) in [6.45, 7) is 5.59. The van der Waals surface area contributed by atoms with Crippen molar-refractivity contribution in [3.8, 4) is 0 Å². The average Bonchev–Trinajstić information content (AvgIpc) is 2.87. The van der Waals surface area contributed by atoms with E-state index in [0.29, 0.717) is 25.0 Å². The van der Waals surface area contributed by atoms with Crippen LogP contribution in [-0.2, 0) is 9.53 Å². The summed E-state index contributed by atoms with van der Waals surface area (Å²) < 4.78 is 5.51. The highest BCUT2D eigenvalue weighted by atomic mass is 16.5. The Kier molecular flexibility index (Phi) is 7.33. The predicted molar refractivity (Wildman–Crippen MR) is 74.2 cm³/mol. The Morgan fingerprint density at radius 3 is 2.78 bits per heavy atom. The monoisotopic (exact) mass is 255 g/mol. The van der Waals surface area contributed by atoms with Crippen LogP contribution in [0.2, 0.25) is 0 Å². The van der Waals surface area contributed by atoms with Crippen molar-refractivity contribution < 1.29 is 9.53 Å². The minimum Gasteiger partial charge on any atom is -0.465 e. The first-order chi connectivity index (χ1) is 8.72. The van der Waals surface area contributed by atoms with Crippen LogP contribution in [0, 0.1) is 17.8 Å². The van der Waals surface area contributed by atoms with Gasteiger partial charge in [-0.15, -0.1) is 0 Å². The Morgan fingerprint density at radius 1 is 1.39 bits per heavy atom. The Morgan fingerprint density at radius 2 is 2.17 bits per heavy atom. The van der Waals surface area contributed by atoms with Gasteiger partial charge in [-0.1, -0.05) is 39.5 Å². The van der Waals surface area contributed by atoms with Crippen LogP contribution < -0.4 is 5.73 Å². The highest BCUT2D eigenvalue weighted by molar-refractivity contribution is 5.73. The van der Waals surface area contributed by atoms with Crippen molar-refractivity contribution in [2.24, 2.45) is 23.5 Å². The van der Waals surface area contributed by atoms with Crippen LogP contribution in [0.1, 0.15) is 58.8 Å². The number of nitrogens with two attached hydrogens (primary N) is 1. The van der Waals surface area contributed by atoms with E-state index >= 15 is 0 Å². The van der Waals surface area contributed by atoms with Crippen LogP contribution in [0.3, 0.4) is 0 Å². The van der Waals surface area contributed by atoms with Gasteiger partial charge in [-0.05, 0) is 37.6 Å². The summed E-state index contributed by atoms with van der Waals surface area (Å²) in [5.41, 5.74) is 5.70. The third kappa shape index (κ3) is 4.60. The molecule has 2 N–H and O–H groups in total. The zero-order valence-corrected chi connectivity index (χ0v) is 12.0. The van der Waals surface area contributed by atoms with Crippen LogP contribution in [0.5, 0.6) is 0 Å². The first-order valence-corrected chi connectivity index (χ1v) is 7.59. The van der Waals surface area contributed by atoms with Gasteiger partial charge >= 0.3 is 5.97 Å². The second kappa shape index (κ2) is 8.52. The van der Waals surface area contributed by atoms with Gasteiger partial charge in [-0.3, -0.25) is 4.79 Å². The van der Waals surface area contributed by atoms with Gasteiger partial charge in [0.2, 0.25) is 0 Å². The molecule has 0 spiro atoms. The fraction of sp³-hybridized carbons (Fsp3) is 0.933. The topological polar surface area (TPSA) is 52.3 Å². The van der Waals surface area contributed by atoms with E-state index in [-0.39, 0.29) is 11.9 Å². The number of hydrogen-bond acceptors (Lipinski definition) is 3. The third-order valence-corrected chi connectivity index (χ3v) is 4.27. The molecule has 3 atom stereocenters. The van der Waals surface area contributed by atoms with Gasteiger partial charge in [-0.2, -0.15) is 0 Å². The summed E-state index contributed by atoms with van der Waals surface area (Å²) in [7, 11) is 0. The molecule has 0 amide bonds. The zero-order chi connectivity index (χ0) is 13.4. The third-order valence-electron chi connectivity index (χ3n) is 4.27. The minimum absolute atomic E-state index is 0.00195. The number of ether oxygens (including phenoxy) is 1. The van der Waals surface area contributed by atoms with Gasteiger partial charge in [0.05, 0.1) is 12.5 Å². The number of unbranched alkanes of at least 4 members (excludes halogenated alkanes) is 1. The first kappa shape index (κ1) is 15.5. The Balaban J connectivity index is 2.30. The molecule has 0 aromatic rings. The van der Waals surface area contributed by atoms with Gasteiger partial charge < -0.3 is 10.5 Å². The van der Waals surface area contributed by atoms with Crippen molar-refractivity contribution in [2.75, 3.05) is 13.2 Å². The van der Waals surface area contributed by atoms with E-state index in [9.17, 15) is 4.79 Å². The van der Waals surface area contributed by atoms with E-state index in [1.165, 1.54) is 19.3 Å². The summed E-state index contributed by atoms with van der Waals surface area (Å²) in [5.74, 6) is 0.955. The molecule has 0 bridgehead atoms. The molecule has 3 unspecified atom stereocenters. The van der Waals surface area contributed by atoms with Crippen LogP contribution in [0.15, 0.2) is 0 Å². The highest BCUT2D eigenvalue weighted by Crippen LogP contribution is 2.32. The van der Waals surface area contributed by atoms with E-state index in [4.69, 9.17) is 10.5 Å². The second-order valence-electron chi connectivity index (χ2n) is 5.58. The summed E-state index contributed by atoms with van der Waals surface area (Å²) in [6.07, 6.45) is 7.88. The minimum atomic E-state index is -0.00195. The predicted octanol–water partition coefficient (Wildman–Crippen LogP) is 3.12. The maximum absolute atomic E-state index is 12.0. The van der Waals surface area contributed by atoms with Crippen molar-refractivity contribution >= 4 is 5.97 Å². The number of carbonyl (C=O) groups is 1. The van der Waals surface area contributed by atoms with Crippen LogP contribution in [-0.4, -0.2) is 19.1 Å². The molecule has 3 heteroatoms. The molecule has 3 nitrogen and oxygen atoms in total. The summed E-state index contributed by atoms with van der Waals surface area (Å²) >= 11 is 0. The van der Waals surface area contributed by atoms with Crippen molar-refractivity contribution in [1.82, 2.24) is 0 Å². The van der Waals surface area contributed by atoms with E-state index < -0.39 is 0 Å². The lowest BCUT2D eigenvalue weighted by Gasteiger charge is -2.19. The Hall–Kier alpha value is -0.570. The van der Waals surface area contributed by atoms with Gasteiger partial charge in [0.25, 0.3) is 0 Å². The van der Waals surface area contributed by atoms with E-state index in [1.54, 1.807) is 0 Å². The van der Waals surface area contributed by atoms with E-state index in [1.807, 2.05) is 0 Å². The fourth-order valence-electron chi connectivity index (χ4n) is 2.83. The normalized spacial score (nSPS) is 25.1. The molecule has 1 fully saturated rings. The lowest BCUT2D eigenvalue weighted by atomic mass is 9.96. The molecule has 18 heavy (non-hydrogen) atoms. The van der Waals surface area contributed by atoms with Crippen LogP contribution in [0.4, 0.5) is 0 Å². The first-order valence-electron chi connectivity index (χ1n) is 7.59. The van der Waals surface area contributed by atoms with Gasteiger partial charge in [-0.25, -0.2) is 0 Å². The number of esters is 1. The lowest BCUT2D eigenvalue weighted by molar-refractivity contribution is -0.151. The molecule has 0 heterocycles. The van der Waals surface area contributed by atoms with Gasteiger partial charge in [0.1, 0.15) is 0 Å². The zero-order valence-electron chi connectivity index (χ0n) is 12.0. The summed E-state index contributed by atoms with van der Waals surface area (Å²) in [4.78, 5) is 12.0. The van der Waals surface area contributed by atoms with Crippen molar-refractivity contribution in [3.05, 3.63) is 0 Å². The standard InChI is InChI=1S/C15H29NO2/c1-3-5-7-12(4-2)11-18-15(17)14-9-6-8-13(14)10-16/h12-14H,3-11,16H2,1-2H3. The SMILES string of the molecule is CCCCC(CC)COC(=O)C1CCCC1CN. The molecule has 0 radical (unpaired) electrons.